The van der Waals surface area contributed by atoms with Crippen LogP contribution in [0, 0.1) is 5.92 Å². The fraction of sp³-hybridized carbons (Fsp3) is 0.280. The monoisotopic (exact) mass is 515 g/mol. The molecule has 1 atom stereocenters. The third-order valence-electron chi connectivity index (χ3n) is 5.66. The topological polar surface area (TPSA) is 0 Å². The number of hydrogen-bond donors (Lipinski definition) is 0. The molecule has 4 rings (SSSR count). The van der Waals surface area contributed by atoms with Crippen molar-refractivity contribution in [2.75, 3.05) is 0 Å². The first-order valence-corrected chi connectivity index (χ1v) is 17.5. The normalized spacial score (nSPS) is 15.2. The predicted octanol–water partition coefficient (Wildman–Crippen LogP) is 1.33. The van der Waals surface area contributed by atoms with Gasteiger partial charge in [-0.1, -0.05) is 0 Å². The summed E-state index contributed by atoms with van der Waals surface area (Å²) in [5, 5.41) is 2.70. The van der Waals surface area contributed by atoms with Gasteiger partial charge in [0.05, 0.1) is 0 Å². The quantitative estimate of drug-likeness (QED) is 0.459. The summed E-state index contributed by atoms with van der Waals surface area (Å²) in [4.78, 5) is 0. The van der Waals surface area contributed by atoms with Gasteiger partial charge in [0.1, 0.15) is 0 Å². The van der Waals surface area contributed by atoms with E-state index in [1.165, 1.54) is 21.9 Å². The van der Waals surface area contributed by atoms with Crippen LogP contribution in [0.4, 0.5) is 0 Å². The Morgan fingerprint density at radius 1 is 0.828 bits per heavy atom. The van der Waals surface area contributed by atoms with Crippen LogP contribution in [0.2, 0.25) is 13.1 Å². The Balaban J connectivity index is 0.00000150. The summed E-state index contributed by atoms with van der Waals surface area (Å²) >= 11 is -0.423. The zero-order valence-corrected chi connectivity index (χ0v) is 22.7. The van der Waals surface area contributed by atoms with E-state index in [9.17, 15) is 0 Å². The first-order valence-electron chi connectivity index (χ1n) is 9.87. The molecule has 0 N–H and O–H groups in total. The molecule has 1 radical (unpaired) electrons. The third-order valence-corrected chi connectivity index (χ3v) is 14.4. The molecule has 0 amide bonds. The predicted molar refractivity (Wildman–Crippen MR) is 117 cm³/mol. The average molecular weight is 518 g/mol. The molecule has 0 heterocycles. The number of halogens is 2. The minimum atomic E-state index is -0.423. The van der Waals surface area contributed by atoms with Crippen LogP contribution in [-0.4, -0.2) is 5.92 Å². The van der Waals surface area contributed by atoms with E-state index in [2.05, 4.69) is 94.5 Å². The van der Waals surface area contributed by atoms with Gasteiger partial charge in [-0.2, -0.15) is 0 Å². The molecule has 0 aliphatic heterocycles. The molecule has 4 heteroatoms. The average Bonchev–Trinajstić information content (AvgIpc) is 2.93. The molecule has 149 valence electrons. The summed E-state index contributed by atoms with van der Waals surface area (Å²) in [5.74, 6) is 0.520. The number of hydrogen-bond acceptors (Lipinski definition) is 0. The molecular weight excluding hydrogens is 490 g/mol. The van der Waals surface area contributed by atoms with Gasteiger partial charge in [-0.05, 0) is 0 Å². The third kappa shape index (κ3) is 4.52. The molecule has 0 aromatic heterocycles. The molecule has 1 aliphatic rings. The van der Waals surface area contributed by atoms with Gasteiger partial charge in [0.25, 0.3) is 0 Å². The fourth-order valence-corrected chi connectivity index (χ4v) is 14.0. The van der Waals surface area contributed by atoms with Gasteiger partial charge in [-0.15, -0.1) is 0 Å². The summed E-state index contributed by atoms with van der Waals surface area (Å²) in [6.07, 6.45) is 0. The van der Waals surface area contributed by atoms with Crippen molar-refractivity contribution in [3.8, 4) is 11.1 Å². The van der Waals surface area contributed by atoms with Crippen molar-refractivity contribution >= 4 is 22.3 Å². The zero-order chi connectivity index (χ0) is 19.1. The molecule has 0 saturated carbocycles. The van der Waals surface area contributed by atoms with Crippen LogP contribution >= 0.6 is 0 Å². The molecule has 1 aliphatic carbocycles. The van der Waals surface area contributed by atoms with Crippen LogP contribution in [0.3, 0.4) is 0 Å². The van der Waals surface area contributed by atoms with Crippen molar-refractivity contribution in [3.05, 3.63) is 77.4 Å². The Morgan fingerprint density at radius 2 is 1.45 bits per heavy atom. The summed E-state index contributed by atoms with van der Waals surface area (Å²) in [5.41, 5.74) is 9.32. The molecule has 0 spiro atoms. The largest absolute Gasteiger partial charge is 1.00 e. The number of fused-ring (bicyclic) bond motifs is 2. The van der Waals surface area contributed by atoms with Crippen molar-refractivity contribution in [2.45, 2.75) is 37.5 Å². The molecule has 3 aromatic rings. The smallest absolute Gasteiger partial charge is 1.00 e. The van der Waals surface area contributed by atoms with Gasteiger partial charge >= 0.3 is 177 Å². The van der Waals surface area contributed by atoms with Gasteiger partial charge in [-0.3, -0.25) is 0 Å². The number of benzene rings is 3. The molecule has 0 fully saturated rings. The summed E-state index contributed by atoms with van der Waals surface area (Å²) in [7, 11) is 0. The fourth-order valence-electron chi connectivity index (χ4n) is 4.65. The summed E-state index contributed by atoms with van der Waals surface area (Å²) in [6, 6.07) is 22.6. The summed E-state index contributed by atoms with van der Waals surface area (Å²) in [6.45, 7) is 12.2. The Hall–Kier alpha value is -0.660. The summed E-state index contributed by atoms with van der Waals surface area (Å²) < 4.78 is 0.780. The van der Waals surface area contributed by atoms with Crippen molar-refractivity contribution in [1.82, 2.24) is 0 Å². The Labute approximate surface area is 200 Å². The van der Waals surface area contributed by atoms with Gasteiger partial charge in [0.2, 0.25) is 0 Å². The van der Waals surface area contributed by atoms with Gasteiger partial charge in [0.15, 0.2) is 0 Å². The van der Waals surface area contributed by atoms with E-state index in [4.69, 9.17) is 0 Å². The number of allylic oxidation sites excluding steroid dienone is 2. The Morgan fingerprint density at radius 3 is 2.14 bits per heavy atom. The second-order valence-electron chi connectivity index (χ2n) is 8.11. The minimum absolute atomic E-state index is 0. The van der Waals surface area contributed by atoms with Crippen molar-refractivity contribution in [3.63, 3.8) is 0 Å². The second kappa shape index (κ2) is 10.1. The van der Waals surface area contributed by atoms with E-state index in [-0.39, 0.29) is 30.7 Å². The Kier molecular flexibility index (Phi) is 8.57. The first kappa shape index (κ1) is 24.6. The molecule has 3 aromatic carbocycles. The zero-order valence-electron chi connectivity index (χ0n) is 17.7. The second-order valence-corrected chi connectivity index (χ2v) is 21.3. The van der Waals surface area contributed by atoms with Gasteiger partial charge in [0, 0.05) is 0 Å². The van der Waals surface area contributed by atoms with Crippen LogP contribution in [0.25, 0.3) is 27.5 Å². The van der Waals surface area contributed by atoms with Crippen molar-refractivity contribution in [1.29, 1.82) is 0 Å². The number of rotatable bonds is 4. The van der Waals surface area contributed by atoms with Gasteiger partial charge in [-0.25, -0.2) is 0 Å². The maximum Gasteiger partial charge on any atom is -1.00 e. The Bertz CT molecular complexity index is 1030. The molecular formula is C25H27Cl2SiZr. The van der Waals surface area contributed by atoms with Crippen LogP contribution in [-0.2, 0) is 22.4 Å². The van der Waals surface area contributed by atoms with E-state index >= 15 is 0 Å². The maximum absolute atomic E-state index is 2.52. The molecule has 0 saturated heterocycles. The van der Waals surface area contributed by atoms with Crippen LogP contribution < -0.4 is 24.8 Å². The van der Waals surface area contributed by atoms with Crippen LogP contribution in [0.5, 0.6) is 0 Å². The van der Waals surface area contributed by atoms with Crippen LogP contribution in [0.1, 0.15) is 35.5 Å². The van der Waals surface area contributed by atoms with E-state index in [0.717, 1.165) is 3.63 Å². The van der Waals surface area contributed by atoms with Gasteiger partial charge < -0.3 is 24.8 Å². The maximum atomic E-state index is 2.52. The minimum Gasteiger partial charge on any atom is -1.00 e. The first-order chi connectivity index (χ1) is 13.0. The molecule has 29 heavy (non-hydrogen) atoms. The van der Waals surface area contributed by atoms with Crippen molar-refractivity contribution in [2.24, 2.45) is 5.92 Å². The molecule has 0 bridgehead atoms. The van der Waals surface area contributed by atoms with E-state index < -0.39 is 22.4 Å². The van der Waals surface area contributed by atoms with Crippen molar-refractivity contribution < 1.29 is 47.2 Å². The SMILES string of the molecule is CC1=C(C(C)C)[CH]([Zr+2][Si](C)C)c2cccc(-c3cccc4ccccc34)c21.[Cl-].[Cl-]. The van der Waals surface area contributed by atoms with E-state index in [1.807, 2.05) is 0 Å². The standard InChI is InChI=1S/C23H21.C2H6Si.2ClH.Zr/c1-15(2)22-14-18-10-7-13-21(23(18)16(22)3)20-12-6-9-17-8-4-5-11-19(17)20;1-3-2;;;/h4-15H,1-3H3;1-2H3;2*1H;/q;;;;+2/p-2. The molecule has 0 nitrogen and oxygen atoms in total. The molecule has 1 unspecified atom stereocenters. The van der Waals surface area contributed by atoms with E-state index in [1.54, 1.807) is 22.3 Å². The van der Waals surface area contributed by atoms with Crippen LogP contribution in [0.15, 0.2) is 66.2 Å². The van der Waals surface area contributed by atoms with E-state index in [0.29, 0.717) is 5.92 Å².